The van der Waals surface area contributed by atoms with Crippen molar-refractivity contribution in [1.29, 1.82) is 0 Å². The summed E-state index contributed by atoms with van der Waals surface area (Å²) in [6.45, 7) is 16.7. The number of pyridine rings is 3. The monoisotopic (exact) mass is 1300 g/mol. The Morgan fingerprint density at radius 2 is 0.849 bits per heavy atom. The van der Waals surface area contributed by atoms with E-state index >= 15 is 0 Å². The lowest BCUT2D eigenvalue weighted by Crippen LogP contribution is -2.43. The van der Waals surface area contributed by atoms with Crippen molar-refractivity contribution in [2.24, 2.45) is 0 Å². The first-order chi connectivity index (χ1) is 44.7. The van der Waals surface area contributed by atoms with Crippen LogP contribution in [0.25, 0.3) is 81.9 Å². The van der Waals surface area contributed by atoms with Gasteiger partial charge < -0.3 is 25.3 Å². The van der Waals surface area contributed by atoms with Crippen LogP contribution in [0.1, 0.15) is 69.3 Å². The van der Waals surface area contributed by atoms with E-state index in [-0.39, 0.29) is 34.0 Å². The zero-order valence-electron chi connectivity index (χ0n) is 51.6. The second kappa shape index (κ2) is 26.1. The van der Waals surface area contributed by atoms with Gasteiger partial charge >= 0.3 is 5.97 Å². The van der Waals surface area contributed by atoms with Crippen molar-refractivity contribution < 1.29 is 29.0 Å². The van der Waals surface area contributed by atoms with Crippen LogP contribution in [-0.2, 0) is 0 Å². The van der Waals surface area contributed by atoms with Crippen LogP contribution in [-0.4, -0.2) is 95.6 Å². The molecule has 464 valence electrons. The van der Waals surface area contributed by atoms with Crippen LogP contribution in [0.15, 0.2) is 192 Å². The maximum atomic E-state index is 13.4. The van der Waals surface area contributed by atoms with Gasteiger partial charge in [0.2, 0.25) is 8.32 Å². The number of aromatic nitrogens is 12. The van der Waals surface area contributed by atoms with Crippen molar-refractivity contribution in [3.63, 3.8) is 0 Å². The molecule has 9 heterocycles. The molecular weight excluding hydrogens is 1250 g/mol. The molecule has 0 radical (unpaired) electrons. The molecule has 0 aliphatic carbocycles. The Morgan fingerprint density at radius 3 is 1.24 bits per heavy atom. The number of aryl methyl sites for hydroxylation is 3. The van der Waals surface area contributed by atoms with Crippen molar-refractivity contribution in [2.75, 3.05) is 10.6 Å². The Balaban J connectivity index is 0.000000138. The molecule has 0 saturated carbocycles. The van der Waals surface area contributed by atoms with E-state index in [1.165, 1.54) is 6.07 Å². The molecule has 0 unspecified atom stereocenters. The number of phenolic OH excluding ortho intramolecular Hbond substituents is 1. The van der Waals surface area contributed by atoms with Gasteiger partial charge in [-0.15, -0.1) is 34.0 Å². The van der Waals surface area contributed by atoms with E-state index in [2.05, 4.69) is 95.8 Å². The lowest BCUT2D eigenvalue weighted by atomic mass is 10.1. The zero-order valence-corrected chi connectivity index (χ0v) is 55.0. The van der Waals surface area contributed by atoms with Crippen LogP contribution in [0.3, 0.4) is 0 Å². The molecule has 24 heteroatoms. The summed E-state index contributed by atoms with van der Waals surface area (Å²) in [5.41, 5.74) is 17.3. The van der Waals surface area contributed by atoms with Crippen LogP contribution in [0.5, 0.6) is 11.5 Å². The van der Waals surface area contributed by atoms with Crippen molar-refractivity contribution in [1.82, 2.24) is 59.2 Å². The van der Waals surface area contributed by atoms with E-state index in [1.807, 2.05) is 153 Å². The van der Waals surface area contributed by atoms with E-state index in [4.69, 9.17) is 4.43 Å². The first-order valence-electron chi connectivity index (χ1n) is 29.3. The fourth-order valence-electron chi connectivity index (χ4n) is 9.65. The number of aromatic hydroxyl groups is 1. The number of carboxylic acid groups (broad SMARTS) is 1. The Labute approximate surface area is 546 Å². The molecule has 2 amide bonds. The summed E-state index contributed by atoms with van der Waals surface area (Å²) in [6.07, 6.45) is 0. The molecule has 9 aromatic heterocycles. The molecule has 14 rings (SSSR count). The fourth-order valence-corrected chi connectivity index (χ4v) is 12.8. The van der Waals surface area contributed by atoms with Crippen LogP contribution < -0.4 is 15.1 Å². The van der Waals surface area contributed by atoms with Gasteiger partial charge in [-0.1, -0.05) is 69.3 Å². The average molecular weight is 1310 g/mol. The first kappa shape index (κ1) is 62.3. The number of nitrogens with zero attached hydrogens (tertiary/aromatic N) is 12. The van der Waals surface area contributed by atoms with Crippen LogP contribution in [0.2, 0.25) is 18.1 Å². The summed E-state index contributed by atoms with van der Waals surface area (Å²) in [5.74, 6) is 0.929. The van der Waals surface area contributed by atoms with Crippen LogP contribution in [0, 0.1) is 20.8 Å². The molecule has 0 atom stereocenters. The van der Waals surface area contributed by atoms with Crippen molar-refractivity contribution in [3.05, 3.63) is 227 Å². The molecular formula is C69H60N14O6S3Si. The van der Waals surface area contributed by atoms with Crippen molar-refractivity contribution in [2.45, 2.75) is 59.7 Å². The first-order valence-corrected chi connectivity index (χ1v) is 34.8. The number of hydrogen-bond donors (Lipinski definition) is 4. The maximum absolute atomic E-state index is 13.4. The molecule has 0 saturated heterocycles. The number of phenols is 1. The van der Waals surface area contributed by atoms with Gasteiger partial charge in [0.25, 0.3) is 11.8 Å². The number of carbonyl (C=O) groups is 3. The van der Waals surface area contributed by atoms with E-state index in [0.717, 1.165) is 81.6 Å². The molecule has 93 heavy (non-hydrogen) atoms. The number of rotatable bonds is 13. The number of anilines is 2. The molecule has 4 N–H and O–H groups in total. The fraction of sp³-hybridized carbons (Fsp3) is 0.130. The van der Waals surface area contributed by atoms with E-state index in [0.29, 0.717) is 40.2 Å². The number of carbonyl (C=O) groups excluding carboxylic acids is 2. The number of benzene rings is 5. The van der Waals surface area contributed by atoms with Gasteiger partial charge in [-0.05, 0) is 154 Å². The van der Waals surface area contributed by atoms with Gasteiger partial charge in [-0.2, -0.15) is 15.3 Å². The summed E-state index contributed by atoms with van der Waals surface area (Å²) < 4.78 is 14.5. The largest absolute Gasteiger partial charge is 0.543 e. The Kier molecular flexibility index (Phi) is 17.5. The normalized spacial score (nSPS) is 11.4. The van der Waals surface area contributed by atoms with Gasteiger partial charge in [-0.3, -0.25) is 9.59 Å². The summed E-state index contributed by atoms with van der Waals surface area (Å²) in [5, 5.41) is 38.2. The zero-order chi connectivity index (χ0) is 65.1. The highest BCUT2D eigenvalue weighted by molar-refractivity contribution is 7.17. The lowest BCUT2D eigenvalue weighted by Gasteiger charge is -2.36. The average Bonchev–Trinajstić information content (AvgIpc) is 1.68. The Hall–Kier alpha value is -10.9. The van der Waals surface area contributed by atoms with E-state index < -0.39 is 14.3 Å². The minimum Gasteiger partial charge on any atom is -0.543 e. The minimum absolute atomic E-state index is 0.0160. The van der Waals surface area contributed by atoms with Gasteiger partial charge in [0.15, 0.2) is 34.5 Å². The van der Waals surface area contributed by atoms with Crippen molar-refractivity contribution in [3.8, 4) is 62.7 Å². The van der Waals surface area contributed by atoms with Crippen LogP contribution >= 0.6 is 34.0 Å². The number of nitrogens with one attached hydrogen (secondary N) is 2. The number of fused-ring (bicyclic) bond motifs is 3. The summed E-state index contributed by atoms with van der Waals surface area (Å²) in [7, 11) is -2.01. The van der Waals surface area contributed by atoms with E-state index in [1.54, 1.807) is 96.0 Å². The minimum atomic E-state index is -2.01. The third-order valence-corrected chi connectivity index (χ3v) is 22.1. The second-order valence-corrected chi connectivity index (χ2v) is 30.5. The third-order valence-electron chi connectivity index (χ3n) is 15.3. The molecule has 0 spiro atoms. The highest BCUT2D eigenvalue weighted by Crippen LogP contribution is 2.38. The van der Waals surface area contributed by atoms with Crippen molar-refractivity contribution >= 4 is 102 Å². The number of hydrogen-bond acceptors (Lipinski definition) is 17. The summed E-state index contributed by atoms with van der Waals surface area (Å²) in [4.78, 5) is 64.3. The number of aromatic carboxylic acids is 1. The maximum Gasteiger partial charge on any atom is 0.356 e. The molecule has 5 aromatic carbocycles. The summed E-state index contributed by atoms with van der Waals surface area (Å²) >= 11 is 4.67. The highest BCUT2D eigenvalue weighted by atomic mass is 32.1. The number of carboxylic acids is 1. The summed E-state index contributed by atoms with van der Waals surface area (Å²) in [6, 6.07) is 53.8. The SMILES string of the molecule is Cc1cccc(-n2nc(C(=O)Nc3cccc(O)c3)cc2-c2ccc3ncsc3c2)n1.Cc1cccc(-n2nc(C(=O)Nc3cccc(O[Si](C)(C)C(C)(C)C)c3)cc2-c2ccc3ncsc3c2)n1.Cc1cccc(-n2nc(C(=O)O)cc2-c2ccc3ncsc3c2)n1. The smallest absolute Gasteiger partial charge is 0.356 e. The molecule has 20 nitrogen and oxygen atoms in total. The van der Waals surface area contributed by atoms with Gasteiger partial charge in [0.1, 0.15) is 11.5 Å². The molecule has 0 fully saturated rings. The van der Waals surface area contributed by atoms with Gasteiger partial charge in [0, 0.05) is 57.3 Å². The van der Waals surface area contributed by atoms with Gasteiger partial charge in [0.05, 0.1) is 64.3 Å². The number of thiazole rings is 3. The predicted octanol–water partition coefficient (Wildman–Crippen LogP) is 15.8. The Bertz CT molecular complexity index is 5120. The highest BCUT2D eigenvalue weighted by Gasteiger charge is 2.39. The molecule has 14 aromatic rings. The molecule has 0 aliphatic heterocycles. The second-order valence-electron chi connectivity index (χ2n) is 23.1. The van der Waals surface area contributed by atoms with Crippen LogP contribution in [0.4, 0.5) is 11.4 Å². The lowest BCUT2D eigenvalue weighted by molar-refractivity contribution is 0.0689. The predicted molar refractivity (Wildman–Crippen MR) is 369 cm³/mol. The topological polar surface area (TPSA) is 256 Å². The third kappa shape index (κ3) is 14.0. The standard InChI is InChI=1S/C29H31N5O2SSi.C23H17N5O2S.C17H12N4O2S/c1-19-9-7-12-27(31-19)34-25(20-13-14-23-26(15-20)37-18-30-23)17-24(33-34)28(35)32-21-10-8-11-22(16-21)36-38(5,6)29(2,3)4;1-14-4-2-7-22(25-14)28-20(15-8-9-18-21(10-15)31-13-24-18)12-19(27-28)23(30)26-16-5-3-6-17(29)11-16;1-10-3-2-4-16(19-10)21-14(8-13(20-21)17(22)23)11-5-6-12-15(7-11)24-9-18-12/h7-18H,1-6H3,(H,32,35);2-13,29H,1H3,(H,26,30);2-9H,1H3,(H,22,23). The molecule has 0 bridgehead atoms. The molecule has 0 aliphatic rings. The van der Waals surface area contributed by atoms with Gasteiger partial charge in [-0.25, -0.2) is 48.7 Å². The van der Waals surface area contributed by atoms with E-state index in [9.17, 15) is 24.6 Å². The quantitative estimate of drug-likeness (QED) is 0.0783. The Morgan fingerprint density at radius 1 is 0.473 bits per heavy atom. The number of amides is 2.